The van der Waals surface area contributed by atoms with Crippen molar-refractivity contribution in [3.63, 3.8) is 0 Å². The van der Waals surface area contributed by atoms with Crippen molar-refractivity contribution in [1.82, 2.24) is 15.2 Å². The zero-order valence-corrected chi connectivity index (χ0v) is 12.9. The fourth-order valence-electron chi connectivity index (χ4n) is 2.05. The predicted molar refractivity (Wildman–Crippen MR) is 85.7 cm³/mol. The molecule has 0 saturated heterocycles. The van der Waals surface area contributed by atoms with Gasteiger partial charge in [0.1, 0.15) is 5.75 Å². The summed E-state index contributed by atoms with van der Waals surface area (Å²) in [5, 5.41) is 13.0. The first kappa shape index (κ1) is 16.5. The van der Waals surface area contributed by atoms with Gasteiger partial charge in [-0.3, -0.25) is 0 Å². The number of aromatic nitrogens is 3. The maximum Gasteiger partial charge on any atom is 0.249 e. The smallest absolute Gasteiger partial charge is 0.249 e. The van der Waals surface area contributed by atoms with Gasteiger partial charge in [-0.2, -0.15) is 10.1 Å². The van der Waals surface area contributed by atoms with Crippen molar-refractivity contribution in [2.75, 3.05) is 17.7 Å². The lowest BCUT2D eigenvalue weighted by Crippen LogP contribution is -2.05. The van der Waals surface area contributed by atoms with E-state index in [2.05, 4.69) is 25.8 Å². The number of halogens is 3. The summed E-state index contributed by atoms with van der Waals surface area (Å²) in [5.74, 6) is -3.43. The van der Waals surface area contributed by atoms with Gasteiger partial charge in [-0.05, 0) is 24.3 Å². The Morgan fingerprint density at radius 2 is 1.72 bits per heavy atom. The van der Waals surface area contributed by atoms with E-state index in [0.29, 0.717) is 11.4 Å². The molecule has 0 aliphatic rings. The summed E-state index contributed by atoms with van der Waals surface area (Å²) in [6.07, 6.45) is 1.22. The summed E-state index contributed by atoms with van der Waals surface area (Å²) < 4.78 is 45.2. The quantitative estimate of drug-likeness (QED) is 0.685. The Kier molecular flexibility index (Phi) is 4.64. The third-order valence-corrected chi connectivity index (χ3v) is 3.21. The van der Waals surface area contributed by atoms with Crippen LogP contribution in [0, 0.1) is 17.5 Å². The molecule has 1 aromatic heterocycles. The summed E-state index contributed by atoms with van der Waals surface area (Å²) in [4.78, 5) is 4.10. The highest BCUT2D eigenvalue weighted by Gasteiger charge is 2.14. The standard InChI is InChI=1S/C16H12F3N5O/c1-25-12-5-3-2-4-10(12)22-16-23-13(8-20-24-16)21-11-7-6-9(17)14(18)15(11)19/h2-8H,1H3,(H2,21,22,23,24). The van der Waals surface area contributed by atoms with Gasteiger partial charge < -0.3 is 15.4 Å². The zero-order chi connectivity index (χ0) is 17.8. The van der Waals surface area contributed by atoms with Gasteiger partial charge in [-0.25, -0.2) is 13.2 Å². The molecule has 0 spiro atoms. The lowest BCUT2D eigenvalue weighted by molar-refractivity contribution is 0.417. The number of nitrogens with one attached hydrogen (secondary N) is 2. The first-order valence-electron chi connectivity index (χ1n) is 7.09. The van der Waals surface area contributed by atoms with Gasteiger partial charge in [0.15, 0.2) is 23.3 Å². The average Bonchev–Trinajstić information content (AvgIpc) is 2.63. The van der Waals surface area contributed by atoms with E-state index in [-0.39, 0.29) is 17.5 Å². The second-order valence-corrected chi connectivity index (χ2v) is 4.84. The first-order chi connectivity index (χ1) is 12.1. The van der Waals surface area contributed by atoms with Crippen LogP contribution < -0.4 is 15.4 Å². The van der Waals surface area contributed by atoms with Crippen LogP contribution in [0.2, 0.25) is 0 Å². The minimum absolute atomic E-state index is 0.0947. The summed E-state index contributed by atoms with van der Waals surface area (Å²) in [6, 6.07) is 8.95. The van der Waals surface area contributed by atoms with E-state index in [9.17, 15) is 13.2 Å². The van der Waals surface area contributed by atoms with E-state index >= 15 is 0 Å². The third-order valence-electron chi connectivity index (χ3n) is 3.21. The Bertz CT molecular complexity index is 907. The Morgan fingerprint density at radius 3 is 2.52 bits per heavy atom. The number of benzene rings is 2. The Morgan fingerprint density at radius 1 is 0.920 bits per heavy atom. The zero-order valence-electron chi connectivity index (χ0n) is 12.9. The molecule has 0 unspecified atom stereocenters. The molecule has 25 heavy (non-hydrogen) atoms. The van der Waals surface area contributed by atoms with Crippen LogP contribution in [-0.4, -0.2) is 22.3 Å². The van der Waals surface area contributed by atoms with Crippen LogP contribution in [0.25, 0.3) is 0 Å². The van der Waals surface area contributed by atoms with Gasteiger partial charge in [0.05, 0.1) is 24.7 Å². The van der Waals surface area contributed by atoms with Crippen molar-refractivity contribution in [2.45, 2.75) is 0 Å². The molecule has 128 valence electrons. The molecule has 1 heterocycles. The molecule has 0 aliphatic carbocycles. The molecule has 0 radical (unpaired) electrons. The van der Waals surface area contributed by atoms with E-state index in [0.717, 1.165) is 12.1 Å². The first-order valence-corrected chi connectivity index (χ1v) is 7.09. The number of ether oxygens (including phenoxy) is 1. The van der Waals surface area contributed by atoms with Crippen LogP contribution in [0.5, 0.6) is 5.75 Å². The maximum atomic E-state index is 13.7. The molecular weight excluding hydrogens is 335 g/mol. The summed E-state index contributed by atoms with van der Waals surface area (Å²) in [7, 11) is 1.52. The van der Waals surface area contributed by atoms with Crippen molar-refractivity contribution >= 4 is 23.1 Å². The van der Waals surface area contributed by atoms with Crippen LogP contribution in [0.1, 0.15) is 0 Å². The van der Waals surface area contributed by atoms with Gasteiger partial charge in [0.2, 0.25) is 5.95 Å². The van der Waals surface area contributed by atoms with Crippen molar-refractivity contribution in [3.05, 3.63) is 60.0 Å². The van der Waals surface area contributed by atoms with Crippen molar-refractivity contribution < 1.29 is 17.9 Å². The van der Waals surface area contributed by atoms with Crippen LogP contribution >= 0.6 is 0 Å². The number of hydrogen-bond donors (Lipinski definition) is 2. The molecule has 3 rings (SSSR count). The summed E-state index contributed by atoms with van der Waals surface area (Å²) in [5.41, 5.74) is 0.325. The molecule has 0 saturated carbocycles. The predicted octanol–water partition coefficient (Wildman–Crippen LogP) is 3.78. The van der Waals surface area contributed by atoms with Crippen molar-refractivity contribution in [3.8, 4) is 5.75 Å². The molecular formula is C16H12F3N5O. The van der Waals surface area contributed by atoms with Gasteiger partial charge in [0.25, 0.3) is 0 Å². The van der Waals surface area contributed by atoms with Crippen LogP contribution in [0.15, 0.2) is 42.6 Å². The molecule has 0 fully saturated rings. The molecule has 0 atom stereocenters. The van der Waals surface area contributed by atoms with Crippen molar-refractivity contribution in [1.29, 1.82) is 0 Å². The third kappa shape index (κ3) is 3.60. The molecule has 2 N–H and O–H groups in total. The van der Waals surface area contributed by atoms with Crippen LogP contribution in [0.3, 0.4) is 0 Å². The molecule has 2 aromatic carbocycles. The molecule has 9 heteroatoms. The number of methoxy groups -OCH3 is 1. The van der Waals surface area contributed by atoms with Gasteiger partial charge >= 0.3 is 0 Å². The second kappa shape index (κ2) is 7.04. The van der Waals surface area contributed by atoms with Gasteiger partial charge in [-0.1, -0.05) is 12.1 Å². The maximum absolute atomic E-state index is 13.7. The monoisotopic (exact) mass is 347 g/mol. The topological polar surface area (TPSA) is 72.0 Å². The SMILES string of the molecule is COc1ccccc1Nc1nncc(Nc2ccc(F)c(F)c2F)n1. The Hall–Kier alpha value is -3.36. The fourth-order valence-corrected chi connectivity index (χ4v) is 2.05. The number of para-hydroxylation sites is 2. The molecule has 0 amide bonds. The molecule has 0 bridgehead atoms. The highest BCUT2D eigenvalue weighted by Crippen LogP contribution is 2.26. The van der Waals surface area contributed by atoms with Crippen LogP contribution in [-0.2, 0) is 0 Å². The number of nitrogens with zero attached hydrogens (tertiary/aromatic N) is 3. The summed E-state index contributed by atoms with van der Waals surface area (Å²) >= 11 is 0. The van der Waals surface area contributed by atoms with E-state index in [1.54, 1.807) is 24.3 Å². The molecule has 3 aromatic rings. The number of rotatable bonds is 5. The van der Waals surface area contributed by atoms with E-state index < -0.39 is 17.5 Å². The Labute approximate surface area is 140 Å². The van der Waals surface area contributed by atoms with E-state index in [1.807, 2.05) is 0 Å². The second-order valence-electron chi connectivity index (χ2n) is 4.84. The lowest BCUT2D eigenvalue weighted by Gasteiger charge is -2.11. The molecule has 0 aliphatic heterocycles. The van der Waals surface area contributed by atoms with Crippen molar-refractivity contribution in [2.24, 2.45) is 0 Å². The highest BCUT2D eigenvalue weighted by atomic mass is 19.2. The van der Waals surface area contributed by atoms with E-state index in [1.165, 1.54) is 13.3 Å². The Balaban J connectivity index is 1.84. The number of hydrogen-bond acceptors (Lipinski definition) is 6. The van der Waals surface area contributed by atoms with Gasteiger partial charge in [-0.15, -0.1) is 5.10 Å². The van der Waals surface area contributed by atoms with Crippen LogP contribution in [0.4, 0.5) is 36.3 Å². The minimum Gasteiger partial charge on any atom is -0.495 e. The molecule has 6 nitrogen and oxygen atoms in total. The number of anilines is 4. The summed E-state index contributed by atoms with van der Waals surface area (Å²) in [6.45, 7) is 0. The largest absolute Gasteiger partial charge is 0.495 e. The average molecular weight is 347 g/mol. The lowest BCUT2D eigenvalue weighted by atomic mass is 10.3. The normalized spacial score (nSPS) is 10.4. The highest BCUT2D eigenvalue weighted by molar-refractivity contribution is 5.63. The van der Waals surface area contributed by atoms with Gasteiger partial charge in [0, 0.05) is 0 Å². The fraction of sp³-hybridized carbons (Fsp3) is 0.0625. The minimum atomic E-state index is -1.57. The van der Waals surface area contributed by atoms with E-state index in [4.69, 9.17) is 4.74 Å².